The third kappa shape index (κ3) is 3.58. The van der Waals surface area contributed by atoms with Gasteiger partial charge < -0.3 is 10.6 Å². The summed E-state index contributed by atoms with van der Waals surface area (Å²) in [5.74, 6) is -0.502. The summed E-state index contributed by atoms with van der Waals surface area (Å²) in [7, 11) is 1.57. The molecule has 1 aromatic heterocycles. The molecule has 6 heteroatoms. The smallest absolute Gasteiger partial charge is 0.274 e. The number of carbonyl (C=O) groups is 2. The van der Waals surface area contributed by atoms with Crippen LogP contribution >= 0.6 is 11.6 Å². The van der Waals surface area contributed by atoms with Crippen LogP contribution in [-0.4, -0.2) is 23.8 Å². The Balaban J connectivity index is 2.18. The largest absolute Gasteiger partial charge is 0.355 e. The minimum atomic E-state index is -0.331. The molecule has 1 heterocycles. The molecule has 2 amide bonds. The molecule has 0 saturated heterocycles. The van der Waals surface area contributed by atoms with Gasteiger partial charge in [0.25, 0.3) is 11.8 Å². The van der Waals surface area contributed by atoms with Crippen molar-refractivity contribution in [3.8, 4) is 0 Å². The lowest BCUT2D eigenvalue weighted by Crippen LogP contribution is -2.18. The van der Waals surface area contributed by atoms with E-state index in [9.17, 15) is 9.59 Å². The second kappa shape index (κ2) is 6.37. The third-order valence-electron chi connectivity index (χ3n) is 2.92. The van der Waals surface area contributed by atoms with Gasteiger partial charge in [0.05, 0.1) is 5.02 Å². The number of aromatic nitrogens is 1. The first-order valence-electron chi connectivity index (χ1n) is 6.27. The Bertz CT molecular complexity index is 684. The maximum atomic E-state index is 12.1. The van der Waals surface area contributed by atoms with Crippen molar-refractivity contribution in [2.75, 3.05) is 12.4 Å². The van der Waals surface area contributed by atoms with Crippen molar-refractivity contribution >= 4 is 29.1 Å². The Kier molecular flexibility index (Phi) is 4.55. The zero-order valence-corrected chi connectivity index (χ0v) is 12.4. The van der Waals surface area contributed by atoms with Crippen LogP contribution in [0.5, 0.6) is 0 Å². The fourth-order valence-corrected chi connectivity index (χ4v) is 1.90. The molecule has 2 N–H and O–H groups in total. The number of anilines is 1. The van der Waals surface area contributed by atoms with E-state index in [0.29, 0.717) is 16.3 Å². The SMILES string of the molecule is CNC(=O)c1ccc(NC(=O)c2ccc(Cl)cn2)c(C)c1. The normalized spacial score (nSPS) is 10.0. The molecule has 5 nitrogen and oxygen atoms in total. The fourth-order valence-electron chi connectivity index (χ4n) is 1.79. The summed E-state index contributed by atoms with van der Waals surface area (Å²) in [5.41, 5.74) is 2.23. The summed E-state index contributed by atoms with van der Waals surface area (Å²) in [5, 5.41) is 5.78. The number of amides is 2. The van der Waals surface area contributed by atoms with Crippen molar-refractivity contribution in [2.24, 2.45) is 0 Å². The molecule has 0 aliphatic carbocycles. The van der Waals surface area contributed by atoms with Gasteiger partial charge in [0.15, 0.2) is 0 Å². The van der Waals surface area contributed by atoms with Gasteiger partial charge in [0.2, 0.25) is 0 Å². The van der Waals surface area contributed by atoms with Crippen LogP contribution in [0.4, 0.5) is 5.69 Å². The minimum absolute atomic E-state index is 0.171. The van der Waals surface area contributed by atoms with Crippen LogP contribution in [-0.2, 0) is 0 Å². The molecular formula is C15H14ClN3O2. The number of carbonyl (C=O) groups excluding carboxylic acids is 2. The van der Waals surface area contributed by atoms with E-state index in [1.807, 2.05) is 6.92 Å². The quantitative estimate of drug-likeness (QED) is 0.915. The van der Waals surface area contributed by atoms with Crippen molar-refractivity contribution in [3.63, 3.8) is 0 Å². The lowest BCUT2D eigenvalue weighted by molar-refractivity contribution is 0.0962. The van der Waals surface area contributed by atoms with Gasteiger partial charge >= 0.3 is 0 Å². The van der Waals surface area contributed by atoms with Crippen LogP contribution in [0, 0.1) is 6.92 Å². The lowest BCUT2D eigenvalue weighted by Gasteiger charge is -2.09. The van der Waals surface area contributed by atoms with E-state index >= 15 is 0 Å². The summed E-state index contributed by atoms with van der Waals surface area (Å²) in [4.78, 5) is 27.5. The molecule has 0 spiro atoms. The van der Waals surface area contributed by atoms with E-state index in [1.54, 1.807) is 37.4 Å². The Morgan fingerprint density at radius 1 is 1.14 bits per heavy atom. The molecule has 0 unspecified atom stereocenters. The molecule has 1 aromatic carbocycles. The topological polar surface area (TPSA) is 71.1 Å². The van der Waals surface area contributed by atoms with Crippen LogP contribution in [0.15, 0.2) is 36.5 Å². The van der Waals surface area contributed by atoms with E-state index in [4.69, 9.17) is 11.6 Å². The van der Waals surface area contributed by atoms with Crippen LogP contribution in [0.1, 0.15) is 26.4 Å². The van der Waals surface area contributed by atoms with Gasteiger partial charge in [0.1, 0.15) is 5.69 Å². The molecule has 0 atom stereocenters. The number of pyridine rings is 1. The number of rotatable bonds is 3. The molecule has 2 aromatic rings. The maximum absolute atomic E-state index is 12.1. The van der Waals surface area contributed by atoms with E-state index in [1.165, 1.54) is 6.20 Å². The van der Waals surface area contributed by atoms with Gasteiger partial charge in [-0.1, -0.05) is 11.6 Å². The minimum Gasteiger partial charge on any atom is -0.355 e. The number of nitrogens with zero attached hydrogens (tertiary/aromatic N) is 1. The number of benzene rings is 1. The first kappa shape index (κ1) is 15.0. The molecule has 0 fully saturated rings. The molecule has 0 radical (unpaired) electrons. The molecular weight excluding hydrogens is 290 g/mol. The highest BCUT2D eigenvalue weighted by atomic mass is 35.5. The van der Waals surface area contributed by atoms with E-state index < -0.39 is 0 Å². The molecule has 21 heavy (non-hydrogen) atoms. The summed E-state index contributed by atoms with van der Waals surface area (Å²) in [6.45, 7) is 1.82. The summed E-state index contributed by atoms with van der Waals surface area (Å²) < 4.78 is 0. The predicted octanol–water partition coefficient (Wildman–Crippen LogP) is 2.66. The van der Waals surface area contributed by atoms with Crippen molar-refractivity contribution in [3.05, 3.63) is 58.4 Å². The second-order valence-corrected chi connectivity index (χ2v) is 4.86. The highest BCUT2D eigenvalue weighted by molar-refractivity contribution is 6.30. The highest BCUT2D eigenvalue weighted by Gasteiger charge is 2.11. The van der Waals surface area contributed by atoms with Crippen molar-refractivity contribution < 1.29 is 9.59 Å². The first-order chi connectivity index (χ1) is 10.0. The Hall–Kier alpha value is -2.40. The number of hydrogen-bond acceptors (Lipinski definition) is 3. The summed E-state index contributed by atoms with van der Waals surface area (Å²) in [6, 6.07) is 8.20. The first-order valence-corrected chi connectivity index (χ1v) is 6.64. The number of aryl methyl sites for hydroxylation is 1. The molecule has 0 aliphatic rings. The number of halogens is 1. The van der Waals surface area contributed by atoms with Crippen molar-refractivity contribution in [2.45, 2.75) is 6.92 Å². The van der Waals surface area contributed by atoms with E-state index in [0.717, 1.165) is 5.56 Å². The van der Waals surface area contributed by atoms with E-state index in [2.05, 4.69) is 15.6 Å². The van der Waals surface area contributed by atoms with Gasteiger partial charge in [-0.05, 0) is 42.8 Å². The Morgan fingerprint density at radius 3 is 2.48 bits per heavy atom. The summed E-state index contributed by atoms with van der Waals surface area (Å²) >= 11 is 5.73. The molecule has 108 valence electrons. The summed E-state index contributed by atoms with van der Waals surface area (Å²) in [6.07, 6.45) is 1.41. The second-order valence-electron chi connectivity index (χ2n) is 4.42. The highest BCUT2D eigenvalue weighted by Crippen LogP contribution is 2.17. The molecule has 0 saturated carbocycles. The van der Waals surface area contributed by atoms with Crippen LogP contribution < -0.4 is 10.6 Å². The Morgan fingerprint density at radius 2 is 1.90 bits per heavy atom. The molecule has 2 rings (SSSR count). The molecule has 0 bridgehead atoms. The van der Waals surface area contributed by atoms with Gasteiger partial charge in [-0.2, -0.15) is 0 Å². The van der Waals surface area contributed by atoms with Gasteiger partial charge in [-0.25, -0.2) is 4.98 Å². The van der Waals surface area contributed by atoms with E-state index in [-0.39, 0.29) is 17.5 Å². The predicted molar refractivity (Wildman–Crippen MR) is 81.8 cm³/mol. The average molecular weight is 304 g/mol. The monoisotopic (exact) mass is 303 g/mol. The van der Waals surface area contributed by atoms with Gasteiger partial charge in [0, 0.05) is 24.5 Å². The average Bonchev–Trinajstić information content (AvgIpc) is 2.49. The van der Waals surface area contributed by atoms with Crippen LogP contribution in [0.25, 0.3) is 0 Å². The van der Waals surface area contributed by atoms with Crippen molar-refractivity contribution in [1.29, 1.82) is 0 Å². The number of hydrogen-bond donors (Lipinski definition) is 2. The lowest BCUT2D eigenvalue weighted by atomic mass is 10.1. The maximum Gasteiger partial charge on any atom is 0.274 e. The standard InChI is InChI=1S/C15H14ClN3O2/c1-9-7-10(14(20)17-2)3-5-12(9)19-15(21)13-6-4-11(16)8-18-13/h3-8H,1-2H3,(H,17,20)(H,19,21). The van der Waals surface area contributed by atoms with Crippen molar-refractivity contribution in [1.82, 2.24) is 10.3 Å². The van der Waals surface area contributed by atoms with Crippen LogP contribution in [0.3, 0.4) is 0 Å². The molecule has 0 aliphatic heterocycles. The fraction of sp³-hybridized carbons (Fsp3) is 0.133. The van der Waals surface area contributed by atoms with Gasteiger partial charge in [-0.15, -0.1) is 0 Å². The Labute approximate surface area is 127 Å². The van der Waals surface area contributed by atoms with Crippen LogP contribution in [0.2, 0.25) is 5.02 Å². The number of nitrogens with one attached hydrogen (secondary N) is 2. The third-order valence-corrected chi connectivity index (χ3v) is 3.15. The van der Waals surface area contributed by atoms with Gasteiger partial charge in [-0.3, -0.25) is 9.59 Å². The zero-order valence-electron chi connectivity index (χ0n) is 11.6. The zero-order chi connectivity index (χ0) is 15.4.